The first-order valence-corrected chi connectivity index (χ1v) is 6.43. The smallest absolute Gasteiger partial charge is 0.340 e. The number of methoxy groups -OCH3 is 1. The Morgan fingerprint density at radius 3 is 2.18 bits per heavy atom. The number of anilines is 1. The molecule has 0 fully saturated rings. The minimum Gasteiger partial charge on any atom is -0.508 e. The third-order valence-corrected chi connectivity index (χ3v) is 3.42. The lowest BCUT2D eigenvalue weighted by atomic mass is 10.1. The number of phenols is 1. The fourth-order valence-electron chi connectivity index (χ4n) is 2.40. The van der Waals surface area contributed by atoms with Gasteiger partial charge in [0, 0.05) is 0 Å². The first-order chi connectivity index (χ1) is 10.5. The highest BCUT2D eigenvalue weighted by Crippen LogP contribution is 2.32. The molecule has 2 amide bonds. The molecule has 1 aliphatic heterocycles. The summed E-state index contributed by atoms with van der Waals surface area (Å²) in [6.45, 7) is 0. The maximum Gasteiger partial charge on any atom is 0.340 e. The number of imide groups is 1. The van der Waals surface area contributed by atoms with Crippen molar-refractivity contribution in [3.05, 3.63) is 59.2 Å². The minimum absolute atomic E-state index is 0.0583. The zero-order valence-electron chi connectivity index (χ0n) is 11.6. The summed E-state index contributed by atoms with van der Waals surface area (Å²) >= 11 is 0. The van der Waals surface area contributed by atoms with Crippen LogP contribution in [0.25, 0.3) is 0 Å². The Morgan fingerprint density at radius 1 is 1.05 bits per heavy atom. The van der Waals surface area contributed by atoms with E-state index in [-0.39, 0.29) is 28.1 Å². The van der Waals surface area contributed by atoms with E-state index in [1.807, 2.05) is 0 Å². The molecule has 0 atom stereocenters. The largest absolute Gasteiger partial charge is 0.508 e. The van der Waals surface area contributed by atoms with Crippen molar-refractivity contribution in [1.29, 1.82) is 0 Å². The van der Waals surface area contributed by atoms with Crippen LogP contribution in [-0.4, -0.2) is 30.0 Å². The first kappa shape index (κ1) is 13.8. The average molecular weight is 297 g/mol. The molecule has 22 heavy (non-hydrogen) atoms. The highest BCUT2D eigenvalue weighted by atomic mass is 16.5. The molecule has 1 aliphatic rings. The molecule has 2 aromatic carbocycles. The van der Waals surface area contributed by atoms with Crippen molar-refractivity contribution in [2.45, 2.75) is 0 Å². The zero-order valence-corrected chi connectivity index (χ0v) is 11.6. The van der Waals surface area contributed by atoms with E-state index in [1.54, 1.807) is 24.3 Å². The maximum atomic E-state index is 12.4. The summed E-state index contributed by atoms with van der Waals surface area (Å²) in [5, 5.41) is 9.53. The van der Waals surface area contributed by atoms with Crippen molar-refractivity contribution in [3.8, 4) is 5.75 Å². The normalized spacial score (nSPS) is 13.2. The van der Waals surface area contributed by atoms with Gasteiger partial charge in [-0.3, -0.25) is 9.59 Å². The molecule has 0 spiro atoms. The highest BCUT2D eigenvalue weighted by molar-refractivity contribution is 6.35. The van der Waals surface area contributed by atoms with E-state index in [0.717, 1.165) is 11.0 Å². The van der Waals surface area contributed by atoms with Gasteiger partial charge in [-0.05, 0) is 30.3 Å². The number of carbonyl (C=O) groups excluding carboxylic acids is 3. The van der Waals surface area contributed by atoms with Gasteiger partial charge in [-0.25, -0.2) is 9.69 Å². The Morgan fingerprint density at radius 2 is 1.64 bits per heavy atom. The Kier molecular flexibility index (Phi) is 3.14. The quantitative estimate of drug-likeness (QED) is 0.677. The van der Waals surface area contributed by atoms with Gasteiger partial charge in [-0.2, -0.15) is 0 Å². The molecule has 0 aliphatic carbocycles. The van der Waals surface area contributed by atoms with Crippen molar-refractivity contribution in [3.63, 3.8) is 0 Å². The van der Waals surface area contributed by atoms with Crippen molar-refractivity contribution in [2.24, 2.45) is 0 Å². The van der Waals surface area contributed by atoms with Crippen LogP contribution in [0.4, 0.5) is 5.69 Å². The molecule has 3 rings (SSSR count). The van der Waals surface area contributed by atoms with E-state index in [2.05, 4.69) is 4.74 Å². The number of esters is 1. The molecule has 1 heterocycles. The zero-order chi connectivity index (χ0) is 15.9. The third-order valence-electron chi connectivity index (χ3n) is 3.42. The topological polar surface area (TPSA) is 83.9 Å². The molecular formula is C16H11NO5. The van der Waals surface area contributed by atoms with Crippen molar-refractivity contribution >= 4 is 23.5 Å². The lowest BCUT2D eigenvalue weighted by molar-refractivity contribution is 0.0601. The number of hydrogen-bond donors (Lipinski definition) is 1. The Labute approximate surface area is 125 Å². The monoisotopic (exact) mass is 297 g/mol. The molecule has 0 bridgehead atoms. The highest BCUT2D eigenvalue weighted by Gasteiger charge is 2.38. The number of aromatic hydroxyl groups is 1. The minimum atomic E-state index is -0.748. The maximum absolute atomic E-state index is 12.4. The second kappa shape index (κ2) is 5.00. The number of fused-ring (bicyclic) bond motifs is 1. The Balaban J connectivity index is 2.16. The van der Waals surface area contributed by atoms with Gasteiger partial charge in [0.25, 0.3) is 11.8 Å². The van der Waals surface area contributed by atoms with Crippen LogP contribution in [0, 0.1) is 0 Å². The first-order valence-electron chi connectivity index (χ1n) is 6.43. The molecule has 1 N–H and O–H groups in total. The number of amides is 2. The van der Waals surface area contributed by atoms with Crippen LogP contribution in [0.5, 0.6) is 5.75 Å². The molecule has 0 aromatic heterocycles. The molecule has 2 aromatic rings. The summed E-state index contributed by atoms with van der Waals surface area (Å²) in [6.07, 6.45) is 0. The Bertz CT molecular complexity index is 777. The fraction of sp³-hybridized carbons (Fsp3) is 0.0625. The number of rotatable bonds is 2. The number of phenolic OH excluding ortho intramolecular Hbond substituents is 1. The molecule has 6 heteroatoms. The van der Waals surface area contributed by atoms with E-state index in [1.165, 1.54) is 19.2 Å². The van der Waals surface area contributed by atoms with Crippen molar-refractivity contribution in [2.75, 3.05) is 12.0 Å². The molecule has 0 saturated carbocycles. The molecular weight excluding hydrogens is 286 g/mol. The van der Waals surface area contributed by atoms with Gasteiger partial charge in [0.05, 0.1) is 29.5 Å². The van der Waals surface area contributed by atoms with Gasteiger partial charge in [-0.15, -0.1) is 0 Å². The summed E-state index contributed by atoms with van der Waals surface area (Å²) in [4.78, 5) is 37.7. The predicted molar refractivity (Wildman–Crippen MR) is 77.0 cm³/mol. The third kappa shape index (κ3) is 1.93. The van der Waals surface area contributed by atoms with Crippen LogP contribution in [0.3, 0.4) is 0 Å². The number of hydrogen-bond acceptors (Lipinski definition) is 5. The molecule has 0 radical (unpaired) electrons. The molecule has 110 valence electrons. The van der Waals surface area contributed by atoms with Crippen molar-refractivity contribution in [1.82, 2.24) is 0 Å². The Hall–Kier alpha value is -3.15. The van der Waals surface area contributed by atoms with E-state index >= 15 is 0 Å². The summed E-state index contributed by atoms with van der Waals surface area (Å²) in [5.74, 6) is -1.95. The van der Waals surface area contributed by atoms with E-state index < -0.39 is 17.8 Å². The summed E-state index contributed by atoms with van der Waals surface area (Å²) in [5.41, 5.74) is 0.570. The summed E-state index contributed by atoms with van der Waals surface area (Å²) in [6, 6.07) is 10.2. The standard InChI is InChI=1S/C16H11NO5/c1-22-16(21)12-8-9(18)6-7-13(12)17-14(19)10-4-2-3-5-11(10)15(17)20/h2-8,18H,1H3. The molecule has 6 nitrogen and oxygen atoms in total. The second-order valence-electron chi connectivity index (χ2n) is 4.68. The SMILES string of the molecule is COC(=O)c1cc(O)ccc1N1C(=O)c2ccccc2C1=O. The van der Waals surface area contributed by atoms with Crippen LogP contribution in [0.1, 0.15) is 31.1 Å². The van der Waals surface area contributed by atoms with Crippen molar-refractivity contribution < 1.29 is 24.2 Å². The van der Waals surface area contributed by atoms with Gasteiger partial charge in [0.2, 0.25) is 0 Å². The summed E-state index contributed by atoms with van der Waals surface area (Å²) < 4.78 is 4.64. The van der Waals surface area contributed by atoms with Gasteiger partial charge < -0.3 is 9.84 Å². The molecule has 0 unspecified atom stereocenters. The van der Waals surface area contributed by atoms with Gasteiger partial charge in [0.1, 0.15) is 5.75 Å². The van der Waals surface area contributed by atoms with Gasteiger partial charge >= 0.3 is 5.97 Å². The van der Waals surface area contributed by atoms with Crippen LogP contribution in [-0.2, 0) is 4.74 Å². The summed E-state index contributed by atoms with van der Waals surface area (Å²) in [7, 11) is 1.18. The number of nitrogens with zero attached hydrogens (tertiary/aromatic N) is 1. The number of carbonyl (C=O) groups is 3. The number of benzene rings is 2. The lowest BCUT2D eigenvalue weighted by Gasteiger charge is -2.17. The van der Waals surface area contributed by atoms with Crippen LogP contribution >= 0.6 is 0 Å². The average Bonchev–Trinajstić information content (AvgIpc) is 2.79. The fourth-order valence-corrected chi connectivity index (χ4v) is 2.40. The lowest BCUT2D eigenvalue weighted by Crippen LogP contribution is -2.31. The van der Waals surface area contributed by atoms with Gasteiger partial charge in [0.15, 0.2) is 0 Å². The van der Waals surface area contributed by atoms with Crippen LogP contribution in [0.15, 0.2) is 42.5 Å². The van der Waals surface area contributed by atoms with Crippen LogP contribution in [0.2, 0.25) is 0 Å². The number of ether oxygens (including phenoxy) is 1. The van der Waals surface area contributed by atoms with E-state index in [9.17, 15) is 19.5 Å². The van der Waals surface area contributed by atoms with E-state index in [4.69, 9.17) is 0 Å². The van der Waals surface area contributed by atoms with Crippen LogP contribution < -0.4 is 4.90 Å². The van der Waals surface area contributed by atoms with E-state index in [0.29, 0.717) is 0 Å². The second-order valence-corrected chi connectivity index (χ2v) is 4.68. The predicted octanol–water partition coefficient (Wildman–Crippen LogP) is 1.98. The molecule has 0 saturated heterocycles. The van der Waals surface area contributed by atoms with Gasteiger partial charge in [-0.1, -0.05) is 12.1 Å².